The van der Waals surface area contributed by atoms with Gasteiger partial charge in [-0.2, -0.15) is 5.26 Å². The summed E-state index contributed by atoms with van der Waals surface area (Å²) < 4.78 is 4.51. The third-order valence-corrected chi connectivity index (χ3v) is 2.16. The first kappa shape index (κ1) is 11.1. The molecule has 15 heavy (non-hydrogen) atoms. The van der Waals surface area contributed by atoms with Crippen LogP contribution in [0.1, 0.15) is 28.4 Å². The third-order valence-electron chi connectivity index (χ3n) is 2.16. The number of nitrogens with zero attached hydrogens (tertiary/aromatic N) is 1. The van der Waals surface area contributed by atoms with Crippen molar-refractivity contribution in [3.05, 3.63) is 28.8 Å². The van der Waals surface area contributed by atoms with Crippen LogP contribution in [0.5, 0.6) is 5.75 Å². The van der Waals surface area contributed by atoms with Crippen LogP contribution in [0.2, 0.25) is 0 Å². The minimum absolute atomic E-state index is 0.0267. The van der Waals surface area contributed by atoms with Gasteiger partial charge >= 0.3 is 5.97 Å². The van der Waals surface area contributed by atoms with Crippen LogP contribution in [0, 0.1) is 11.3 Å². The Morgan fingerprint density at radius 3 is 2.73 bits per heavy atom. The average Bonchev–Trinajstić information content (AvgIpc) is 2.27. The Kier molecular flexibility index (Phi) is 3.29. The first-order valence-electron chi connectivity index (χ1n) is 4.49. The Hall–Kier alpha value is -2.02. The van der Waals surface area contributed by atoms with E-state index >= 15 is 0 Å². The van der Waals surface area contributed by atoms with Gasteiger partial charge in [-0.3, -0.25) is 0 Å². The average molecular weight is 205 g/mol. The first-order chi connectivity index (χ1) is 7.15. The van der Waals surface area contributed by atoms with Crippen molar-refractivity contribution in [2.75, 3.05) is 7.11 Å². The third kappa shape index (κ3) is 1.91. The van der Waals surface area contributed by atoms with Gasteiger partial charge in [0.15, 0.2) is 0 Å². The molecule has 1 rings (SSSR count). The molecular formula is C11H11NO3. The van der Waals surface area contributed by atoms with Crippen molar-refractivity contribution in [2.45, 2.75) is 13.3 Å². The largest absolute Gasteiger partial charge is 0.506 e. The van der Waals surface area contributed by atoms with E-state index < -0.39 is 5.97 Å². The standard InChI is InChI=1S/C11H11NO3/c1-3-7-4-5-8(11(14)15-2)9(6-12)10(7)13/h4-5,13H,3H2,1-2H3. The van der Waals surface area contributed by atoms with E-state index in [1.54, 1.807) is 12.1 Å². The summed E-state index contributed by atoms with van der Waals surface area (Å²) in [7, 11) is 1.23. The molecule has 1 N–H and O–H groups in total. The highest BCUT2D eigenvalue weighted by Gasteiger charge is 2.17. The number of phenolic OH excluding ortho intramolecular Hbond substituents is 1. The molecule has 4 nitrogen and oxygen atoms in total. The van der Waals surface area contributed by atoms with E-state index in [1.807, 2.05) is 6.92 Å². The van der Waals surface area contributed by atoms with Crippen LogP contribution in [0.25, 0.3) is 0 Å². The van der Waals surface area contributed by atoms with E-state index in [9.17, 15) is 9.90 Å². The number of nitriles is 1. The Labute approximate surface area is 87.7 Å². The van der Waals surface area contributed by atoms with Crippen LogP contribution in [0.15, 0.2) is 12.1 Å². The van der Waals surface area contributed by atoms with E-state index in [0.29, 0.717) is 12.0 Å². The van der Waals surface area contributed by atoms with Crippen molar-refractivity contribution in [1.29, 1.82) is 5.26 Å². The van der Waals surface area contributed by atoms with Crippen LogP contribution in [-0.4, -0.2) is 18.2 Å². The molecule has 0 spiro atoms. The minimum Gasteiger partial charge on any atom is -0.506 e. The minimum atomic E-state index is -0.621. The molecule has 4 heteroatoms. The molecule has 0 fully saturated rings. The molecule has 0 aliphatic carbocycles. The van der Waals surface area contributed by atoms with Gasteiger partial charge in [-0.15, -0.1) is 0 Å². The Morgan fingerprint density at radius 1 is 1.60 bits per heavy atom. The number of aromatic hydroxyl groups is 1. The number of carbonyl (C=O) groups is 1. The van der Waals surface area contributed by atoms with Crippen molar-refractivity contribution in [1.82, 2.24) is 0 Å². The molecule has 0 aliphatic rings. The van der Waals surface area contributed by atoms with Crippen molar-refractivity contribution >= 4 is 5.97 Å². The van der Waals surface area contributed by atoms with Crippen LogP contribution < -0.4 is 0 Å². The van der Waals surface area contributed by atoms with Gasteiger partial charge in [0, 0.05) is 0 Å². The molecule has 0 aromatic heterocycles. The van der Waals surface area contributed by atoms with Gasteiger partial charge in [0.2, 0.25) is 0 Å². The zero-order chi connectivity index (χ0) is 11.4. The summed E-state index contributed by atoms with van der Waals surface area (Å²) in [5.41, 5.74) is 0.704. The molecule has 0 bridgehead atoms. The lowest BCUT2D eigenvalue weighted by Crippen LogP contribution is -2.05. The quantitative estimate of drug-likeness (QED) is 0.744. The van der Waals surface area contributed by atoms with Gasteiger partial charge < -0.3 is 9.84 Å². The maximum absolute atomic E-state index is 11.3. The van der Waals surface area contributed by atoms with Gasteiger partial charge in [0.25, 0.3) is 0 Å². The number of phenols is 1. The number of benzene rings is 1. The zero-order valence-corrected chi connectivity index (χ0v) is 8.57. The second kappa shape index (κ2) is 4.47. The predicted molar refractivity (Wildman–Crippen MR) is 53.5 cm³/mol. The van der Waals surface area contributed by atoms with Crippen molar-refractivity contribution in [2.24, 2.45) is 0 Å². The van der Waals surface area contributed by atoms with E-state index in [1.165, 1.54) is 13.2 Å². The van der Waals surface area contributed by atoms with E-state index in [2.05, 4.69) is 4.74 Å². The molecule has 0 radical (unpaired) electrons. The molecule has 1 aromatic carbocycles. The highest BCUT2D eigenvalue weighted by molar-refractivity contribution is 5.93. The smallest absolute Gasteiger partial charge is 0.339 e. The van der Waals surface area contributed by atoms with Crippen LogP contribution in [-0.2, 0) is 11.2 Å². The topological polar surface area (TPSA) is 70.3 Å². The van der Waals surface area contributed by atoms with Gasteiger partial charge in [0.1, 0.15) is 17.4 Å². The Bertz CT molecular complexity index is 432. The lowest BCUT2D eigenvalue weighted by atomic mass is 10.0. The van der Waals surface area contributed by atoms with Gasteiger partial charge in [-0.25, -0.2) is 4.79 Å². The fourth-order valence-electron chi connectivity index (χ4n) is 1.31. The number of methoxy groups -OCH3 is 1. The van der Waals surface area contributed by atoms with E-state index in [4.69, 9.17) is 5.26 Å². The maximum Gasteiger partial charge on any atom is 0.339 e. The van der Waals surface area contributed by atoms with Gasteiger partial charge in [0.05, 0.1) is 12.7 Å². The predicted octanol–water partition coefficient (Wildman–Crippen LogP) is 1.61. The summed E-state index contributed by atoms with van der Waals surface area (Å²) in [6.45, 7) is 1.86. The van der Waals surface area contributed by atoms with Gasteiger partial charge in [-0.05, 0) is 18.1 Å². The number of esters is 1. The maximum atomic E-state index is 11.3. The zero-order valence-electron chi connectivity index (χ0n) is 8.57. The van der Waals surface area contributed by atoms with Gasteiger partial charge in [-0.1, -0.05) is 13.0 Å². The van der Waals surface area contributed by atoms with E-state index in [0.717, 1.165) is 0 Å². The molecule has 0 heterocycles. The summed E-state index contributed by atoms with van der Waals surface area (Å²) in [4.78, 5) is 11.3. The molecule has 0 atom stereocenters. The summed E-state index contributed by atoms with van der Waals surface area (Å²) in [5, 5.41) is 18.5. The Balaban J connectivity index is 3.39. The highest BCUT2D eigenvalue weighted by Crippen LogP contribution is 2.26. The fourth-order valence-corrected chi connectivity index (χ4v) is 1.31. The summed E-state index contributed by atoms with van der Waals surface area (Å²) in [6, 6.07) is 4.91. The van der Waals surface area contributed by atoms with Crippen LogP contribution in [0.4, 0.5) is 0 Å². The number of hydrogen-bond acceptors (Lipinski definition) is 4. The van der Waals surface area contributed by atoms with Crippen LogP contribution >= 0.6 is 0 Å². The fraction of sp³-hybridized carbons (Fsp3) is 0.273. The number of aryl methyl sites for hydroxylation is 1. The molecule has 0 saturated heterocycles. The number of ether oxygens (including phenoxy) is 1. The molecule has 0 saturated carbocycles. The second-order valence-electron chi connectivity index (χ2n) is 2.95. The number of hydrogen-bond donors (Lipinski definition) is 1. The molecular weight excluding hydrogens is 194 g/mol. The van der Waals surface area contributed by atoms with Crippen molar-refractivity contribution in [3.8, 4) is 11.8 Å². The molecule has 0 amide bonds. The number of rotatable bonds is 2. The Morgan fingerprint density at radius 2 is 2.27 bits per heavy atom. The first-order valence-corrected chi connectivity index (χ1v) is 4.49. The summed E-state index contributed by atoms with van der Waals surface area (Å²) in [5.74, 6) is -0.757. The molecule has 0 aliphatic heterocycles. The normalized spacial score (nSPS) is 9.40. The monoisotopic (exact) mass is 205 g/mol. The summed E-state index contributed by atoms with van der Waals surface area (Å²) in [6.07, 6.45) is 0.599. The lowest BCUT2D eigenvalue weighted by Gasteiger charge is -2.07. The lowest BCUT2D eigenvalue weighted by molar-refractivity contribution is 0.0600. The molecule has 78 valence electrons. The van der Waals surface area contributed by atoms with Crippen molar-refractivity contribution < 1.29 is 14.6 Å². The van der Waals surface area contributed by atoms with Crippen molar-refractivity contribution in [3.63, 3.8) is 0 Å². The van der Waals surface area contributed by atoms with Crippen LogP contribution in [0.3, 0.4) is 0 Å². The summed E-state index contributed by atoms with van der Waals surface area (Å²) >= 11 is 0. The van der Waals surface area contributed by atoms with E-state index in [-0.39, 0.29) is 16.9 Å². The molecule has 0 unspecified atom stereocenters. The molecule has 1 aromatic rings. The SMILES string of the molecule is CCc1ccc(C(=O)OC)c(C#N)c1O. The number of carbonyl (C=O) groups excluding carboxylic acids is 1. The highest BCUT2D eigenvalue weighted by atomic mass is 16.5. The second-order valence-corrected chi connectivity index (χ2v) is 2.95.